The third-order valence-corrected chi connectivity index (χ3v) is 3.99. The van der Waals surface area contributed by atoms with Crippen LogP contribution in [0.15, 0.2) is 28.3 Å². The van der Waals surface area contributed by atoms with Crippen LogP contribution < -0.4 is 5.73 Å². The Balaban J connectivity index is 2.86. The zero-order chi connectivity index (χ0) is 12.1. The molecule has 0 heterocycles. The molecule has 0 spiro atoms. The predicted octanol–water partition coefficient (Wildman–Crippen LogP) is 2.92. The maximum Gasteiger partial charge on any atom is 0.152 e. The number of nitrogens with zero attached hydrogens (tertiary/aromatic N) is 1. The summed E-state index contributed by atoms with van der Waals surface area (Å²) in [5.41, 5.74) is 8.11. The first-order chi connectivity index (χ1) is 7.58. The van der Waals surface area contributed by atoms with Gasteiger partial charge in [0.2, 0.25) is 0 Å². The number of aryl methyl sites for hydroxylation is 2. The molecule has 0 aromatic heterocycles. The number of amidine groups is 1. The minimum Gasteiger partial charge on any atom is -0.409 e. The van der Waals surface area contributed by atoms with Crippen molar-refractivity contribution in [2.75, 3.05) is 0 Å². The highest BCUT2D eigenvalue weighted by Gasteiger charge is 2.14. The Morgan fingerprint density at radius 2 is 2.19 bits per heavy atom. The lowest BCUT2D eigenvalue weighted by atomic mass is 10.2. The van der Waals surface area contributed by atoms with Gasteiger partial charge in [0, 0.05) is 4.90 Å². The monoisotopic (exact) mass is 238 g/mol. The molecule has 0 saturated heterocycles. The van der Waals surface area contributed by atoms with Crippen LogP contribution >= 0.6 is 11.8 Å². The first-order valence-corrected chi connectivity index (χ1v) is 6.17. The smallest absolute Gasteiger partial charge is 0.152 e. The second kappa shape index (κ2) is 5.80. The van der Waals surface area contributed by atoms with Crippen LogP contribution in [0.3, 0.4) is 0 Å². The number of benzene rings is 1. The van der Waals surface area contributed by atoms with Crippen LogP contribution in [0.5, 0.6) is 0 Å². The van der Waals surface area contributed by atoms with Crippen LogP contribution in [-0.2, 0) is 0 Å². The van der Waals surface area contributed by atoms with Gasteiger partial charge in [0.05, 0.1) is 5.25 Å². The molecule has 0 bridgehead atoms. The molecule has 0 amide bonds. The third-order valence-electron chi connectivity index (χ3n) is 2.42. The second-order valence-electron chi connectivity index (χ2n) is 3.81. The fourth-order valence-corrected chi connectivity index (χ4v) is 2.53. The molecule has 1 unspecified atom stereocenters. The second-order valence-corrected chi connectivity index (χ2v) is 5.05. The highest BCUT2D eigenvalue weighted by atomic mass is 32.2. The fourth-order valence-electron chi connectivity index (χ4n) is 1.50. The topological polar surface area (TPSA) is 58.6 Å². The molecular weight excluding hydrogens is 220 g/mol. The lowest BCUT2D eigenvalue weighted by Crippen LogP contribution is -2.25. The lowest BCUT2D eigenvalue weighted by Gasteiger charge is -2.14. The summed E-state index contributed by atoms with van der Waals surface area (Å²) in [5.74, 6) is 0.285. The number of hydrogen-bond donors (Lipinski definition) is 2. The van der Waals surface area contributed by atoms with Gasteiger partial charge in [0.15, 0.2) is 5.84 Å². The van der Waals surface area contributed by atoms with Gasteiger partial charge >= 0.3 is 0 Å². The van der Waals surface area contributed by atoms with E-state index in [-0.39, 0.29) is 11.1 Å². The van der Waals surface area contributed by atoms with Crippen molar-refractivity contribution in [3.05, 3.63) is 29.3 Å². The molecule has 16 heavy (non-hydrogen) atoms. The molecule has 0 radical (unpaired) electrons. The zero-order valence-electron chi connectivity index (χ0n) is 9.90. The Morgan fingerprint density at radius 1 is 1.50 bits per heavy atom. The Hall–Kier alpha value is -1.16. The average Bonchev–Trinajstić information content (AvgIpc) is 2.27. The molecular formula is C12H18N2OS. The van der Waals surface area contributed by atoms with E-state index >= 15 is 0 Å². The number of nitrogens with two attached hydrogens (primary N) is 1. The third kappa shape index (κ3) is 3.17. The molecule has 0 fully saturated rings. The highest BCUT2D eigenvalue weighted by Crippen LogP contribution is 2.28. The van der Waals surface area contributed by atoms with Crippen LogP contribution in [0.1, 0.15) is 24.5 Å². The minimum atomic E-state index is 0.0337. The van der Waals surface area contributed by atoms with E-state index < -0.39 is 0 Å². The van der Waals surface area contributed by atoms with Crippen LogP contribution in [0.2, 0.25) is 0 Å². The number of thioether (sulfide) groups is 1. The Kier molecular flexibility index (Phi) is 4.68. The summed E-state index contributed by atoms with van der Waals surface area (Å²) < 4.78 is 0. The normalized spacial score (nSPS) is 13.8. The molecule has 88 valence electrons. The molecule has 1 rings (SSSR count). The molecule has 0 aliphatic carbocycles. The molecule has 1 aromatic carbocycles. The van der Waals surface area contributed by atoms with E-state index in [1.165, 1.54) is 16.0 Å². The first kappa shape index (κ1) is 12.9. The van der Waals surface area contributed by atoms with E-state index in [0.29, 0.717) is 0 Å². The van der Waals surface area contributed by atoms with Crippen molar-refractivity contribution in [3.8, 4) is 0 Å². The Morgan fingerprint density at radius 3 is 2.69 bits per heavy atom. The summed E-state index contributed by atoms with van der Waals surface area (Å²) >= 11 is 1.64. The SMILES string of the molecule is CCC(Sc1ccc(C)cc1C)C(N)=NO. The summed E-state index contributed by atoms with van der Waals surface area (Å²) in [4.78, 5) is 1.18. The quantitative estimate of drug-likeness (QED) is 0.279. The van der Waals surface area contributed by atoms with E-state index in [9.17, 15) is 0 Å². The van der Waals surface area contributed by atoms with Gasteiger partial charge in [-0.05, 0) is 31.9 Å². The molecule has 3 nitrogen and oxygen atoms in total. The van der Waals surface area contributed by atoms with Gasteiger partial charge in [-0.2, -0.15) is 0 Å². The van der Waals surface area contributed by atoms with Crippen molar-refractivity contribution in [1.29, 1.82) is 0 Å². The summed E-state index contributed by atoms with van der Waals surface area (Å²) in [6.45, 7) is 6.18. The van der Waals surface area contributed by atoms with Crippen molar-refractivity contribution < 1.29 is 5.21 Å². The lowest BCUT2D eigenvalue weighted by molar-refractivity contribution is 0.317. The molecule has 4 heteroatoms. The van der Waals surface area contributed by atoms with Gasteiger partial charge in [-0.3, -0.25) is 0 Å². The van der Waals surface area contributed by atoms with Crippen molar-refractivity contribution >= 4 is 17.6 Å². The molecule has 1 atom stereocenters. The van der Waals surface area contributed by atoms with Crippen molar-refractivity contribution in [1.82, 2.24) is 0 Å². The molecule has 1 aromatic rings. The van der Waals surface area contributed by atoms with Gasteiger partial charge in [-0.1, -0.05) is 29.8 Å². The maximum atomic E-state index is 8.68. The van der Waals surface area contributed by atoms with Crippen LogP contribution in [0.25, 0.3) is 0 Å². The Bertz CT molecular complexity index is 391. The maximum absolute atomic E-state index is 8.68. The fraction of sp³-hybridized carbons (Fsp3) is 0.417. The van der Waals surface area contributed by atoms with E-state index in [0.717, 1.165) is 6.42 Å². The first-order valence-electron chi connectivity index (χ1n) is 5.29. The summed E-state index contributed by atoms with van der Waals surface area (Å²) in [6, 6.07) is 6.30. The van der Waals surface area contributed by atoms with E-state index in [2.05, 4.69) is 37.2 Å². The van der Waals surface area contributed by atoms with Crippen molar-refractivity contribution in [2.24, 2.45) is 10.9 Å². The number of hydrogen-bond acceptors (Lipinski definition) is 3. The molecule has 0 aliphatic rings. The summed E-state index contributed by atoms with van der Waals surface area (Å²) in [6.07, 6.45) is 0.841. The molecule has 3 N–H and O–H groups in total. The largest absolute Gasteiger partial charge is 0.409 e. The minimum absolute atomic E-state index is 0.0337. The van der Waals surface area contributed by atoms with Gasteiger partial charge < -0.3 is 10.9 Å². The van der Waals surface area contributed by atoms with E-state index in [4.69, 9.17) is 10.9 Å². The zero-order valence-corrected chi connectivity index (χ0v) is 10.7. The molecule has 0 aliphatic heterocycles. The van der Waals surface area contributed by atoms with E-state index in [1.54, 1.807) is 11.8 Å². The van der Waals surface area contributed by atoms with Gasteiger partial charge in [-0.25, -0.2) is 0 Å². The van der Waals surface area contributed by atoms with E-state index in [1.807, 2.05) is 6.92 Å². The Labute approximate surface area is 101 Å². The van der Waals surface area contributed by atoms with Crippen LogP contribution in [0.4, 0.5) is 0 Å². The van der Waals surface area contributed by atoms with Gasteiger partial charge in [-0.15, -0.1) is 11.8 Å². The average molecular weight is 238 g/mol. The number of rotatable bonds is 4. The molecule has 0 saturated carbocycles. The van der Waals surface area contributed by atoms with Crippen molar-refractivity contribution in [3.63, 3.8) is 0 Å². The number of oxime groups is 1. The highest BCUT2D eigenvalue weighted by molar-refractivity contribution is 8.00. The van der Waals surface area contributed by atoms with Crippen LogP contribution in [-0.4, -0.2) is 16.3 Å². The summed E-state index contributed by atoms with van der Waals surface area (Å²) in [5, 5.41) is 11.8. The van der Waals surface area contributed by atoms with Gasteiger partial charge in [0.25, 0.3) is 0 Å². The van der Waals surface area contributed by atoms with Gasteiger partial charge in [0.1, 0.15) is 0 Å². The van der Waals surface area contributed by atoms with Crippen molar-refractivity contribution in [2.45, 2.75) is 37.3 Å². The predicted molar refractivity (Wildman–Crippen MR) is 69.3 cm³/mol. The summed E-state index contributed by atoms with van der Waals surface area (Å²) in [7, 11) is 0. The van der Waals surface area contributed by atoms with Crippen LogP contribution in [0, 0.1) is 13.8 Å². The standard InChI is InChI=1S/C12H18N2OS/c1-4-10(12(13)14-15)16-11-6-5-8(2)7-9(11)3/h5-7,10,15H,4H2,1-3H3,(H2,13,14).